The van der Waals surface area contributed by atoms with Crippen molar-refractivity contribution in [2.24, 2.45) is 0 Å². The number of nitro groups is 1. The molecule has 1 rings (SSSR count). The summed E-state index contributed by atoms with van der Waals surface area (Å²) in [6, 6.07) is 6.62. The van der Waals surface area contributed by atoms with Crippen LogP contribution in [0.4, 0.5) is 11.4 Å². The molecule has 0 radical (unpaired) electrons. The van der Waals surface area contributed by atoms with Crippen molar-refractivity contribution in [3.05, 3.63) is 34.4 Å². The van der Waals surface area contributed by atoms with Gasteiger partial charge in [-0.2, -0.15) is 0 Å². The van der Waals surface area contributed by atoms with Crippen molar-refractivity contribution >= 4 is 17.3 Å². The Morgan fingerprint density at radius 1 is 1.44 bits per heavy atom. The summed E-state index contributed by atoms with van der Waals surface area (Å²) in [6.45, 7) is 2.68. The minimum absolute atomic E-state index is 0.0663. The number of carbonyl (C=O) groups is 1. The van der Waals surface area contributed by atoms with E-state index in [0.29, 0.717) is 18.8 Å². The van der Waals surface area contributed by atoms with Gasteiger partial charge in [0.05, 0.1) is 4.92 Å². The lowest BCUT2D eigenvalue weighted by molar-refractivity contribution is -0.384. The Kier molecular flexibility index (Phi) is 5.10. The van der Waals surface area contributed by atoms with Gasteiger partial charge in [-0.3, -0.25) is 14.9 Å². The highest BCUT2D eigenvalue weighted by molar-refractivity contribution is 5.72. The number of nitro benzene ring substituents is 1. The van der Waals surface area contributed by atoms with Crippen LogP contribution in [0, 0.1) is 10.1 Å². The second-order valence-electron chi connectivity index (χ2n) is 4.00. The summed E-state index contributed by atoms with van der Waals surface area (Å²) >= 11 is 0. The third kappa shape index (κ3) is 4.04. The lowest BCUT2D eigenvalue weighted by Crippen LogP contribution is -2.26. The number of anilines is 1. The molecular weight excluding hydrogens is 234 g/mol. The maximum atomic E-state index is 10.9. The molecule has 0 aliphatic carbocycles. The van der Waals surface area contributed by atoms with Crippen LogP contribution in [0.5, 0.6) is 0 Å². The second-order valence-corrected chi connectivity index (χ2v) is 4.00. The normalized spacial score (nSPS) is 9.89. The Bertz CT molecular complexity index is 434. The van der Waals surface area contributed by atoms with Crippen molar-refractivity contribution in [3.8, 4) is 0 Å². The molecule has 18 heavy (non-hydrogen) atoms. The minimum Gasteiger partial charge on any atom is -0.369 e. The molecule has 0 saturated carbocycles. The van der Waals surface area contributed by atoms with Crippen LogP contribution < -0.4 is 10.2 Å². The molecular formula is C12H17N3O3. The predicted octanol–water partition coefficient (Wildman–Crippen LogP) is 1.56. The van der Waals surface area contributed by atoms with Gasteiger partial charge in [0, 0.05) is 33.1 Å². The van der Waals surface area contributed by atoms with Gasteiger partial charge in [0.1, 0.15) is 5.69 Å². The molecule has 0 aliphatic rings. The van der Waals surface area contributed by atoms with Crippen molar-refractivity contribution in [1.29, 1.82) is 0 Å². The van der Waals surface area contributed by atoms with E-state index in [1.54, 1.807) is 25.2 Å². The minimum atomic E-state index is -0.389. The van der Waals surface area contributed by atoms with E-state index in [4.69, 9.17) is 0 Å². The molecule has 0 aromatic heterocycles. The summed E-state index contributed by atoms with van der Waals surface area (Å²) in [6.07, 6.45) is 0.738. The lowest BCUT2D eigenvalue weighted by Gasteiger charge is -2.18. The van der Waals surface area contributed by atoms with Crippen molar-refractivity contribution in [2.45, 2.75) is 13.3 Å². The third-order valence-corrected chi connectivity index (χ3v) is 2.53. The highest BCUT2D eigenvalue weighted by atomic mass is 16.6. The number of hydrogen-bond donors (Lipinski definition) is 1. The van der Waals surface area contributed by atoms with Gasteiger partial charge in [-0.1, -0.05) is 12.1 Å². The zero-order valence-corrected chi connectivity index (χ0v) is 10.5. The van der Waals surface area contributed by atoms with Crippen LogP contribution in [0.15, 0.2) is 24.3 Å². The highest BCUT2D eigenvalue weighted by Gasteiger charge is 2.15. The first-order valence-corrected chi connectivity index (χ1v) is 5.71. The number of benzene rings is 1. The molecule has 0 spiro atoms. The predicted molar refractivity (Wildman–Crippen MR) is 69.7 cm³/mol. The molecule has 6 heteroatoms. The number of amides is 1. The average molecular weight is 251 g/mol. The van der Waals surface area contributed by atoms with Crippen molar-refractivity contribution < 1.29 is 9.72 Å². The summed E-state index contributed by atoms with van der Waals surface area (Å²) < 4.78 is 0. The summed E-state index contributed by atoms with van der Waals surface area (Å²) in [7, 11) is 1.80. The fraction of sp³-hybridized carbons (Fsp3) is 0.417. The molecule has 6 nitrogen and oxygen atoms in total. The maximum absolute atomic E-state index is 10.9. The molecule has 1 amide bonds. The fourth-order valence-electron chi connectivity index (χ4n) is 1.64. The molecule has 1 aromatic carbocycles. The SMILES string of the molecule is CC(=O)NCCCN(C)c1ccccc1[N+](=O)[O-]. The van der Waals surface area contributed by atoms with E-state index >= 15 is 0 Å². The van der Waals surface area contributed by atoms with E-state index in [0.717, 1.165) is 6.42 Å². The number of hydrogen-bond acceptors (Lipinski definition) is 4. The van der Waals surface area contributed by atoms with Gasteiger partial charge in [0.25, 0.3) is 5.69 Å². The maximum Gasteiger partial charge on any atom is 0.292 e. The van der Waals surface area contributed by atoms with Crippen LogP contribution in [0.1, 0.15) is 13.3 Å². The Morgan fingerprint density at radius 3 is 2.72 bits per heavy atom. The fourth-order valence-corrected chi connectivity index (χ4v) is 1.64. The first kappa shape index (κ1) is 14.0. The zero-order chi connectivity index (χ0) is 13.5. The smallest absolute Gasteiger partial charge is 0.292 e. The molecule has 1 N–H and O–H groups in total. The number of nitrogens with one attached hydrogen (secondary N) is 1. The number of nitrogens with zero attached hydrogens (tertiary/aromatic N) is 2. The molecule has 0 saturated heterocycles. The summed E-state index contributed by atoms with van der Waals surface area (Å²) in [5.74, 6) is -0.0663. The summed E-state index contributed by atoms with van der Waals surface area (Å²) in [4.78, 5) is 23.0. The Morgan fingerprint density at radius 2 is 2.11 bits per heavy atom. The van der Waals surface area contributed by atoms with Crippen LogP contribution in [-0.4, -0.2) is 31.0 Å². The molecule has 0 unspecified atom stereocenters. The van der Waals surface area contributed by atoms with E-state index < -0.39 is 0 Å². The Balaban J connectivity index is 2.58. The first-order chi connectivity index (χ1) is 8.52. The first-order valence-electron chi connectivity index (χ1n) is 5.71. The molecule has 0 fully saturated rings. The quantitative estimate of drug-likeness (QED) is 0.473. The van der Waals surface area contributed by atoms with Gasteiger partial charge < -0.3 is 10.2 Å². The van der Waals surface area contributed by atoms with Gasteiger partial charge >= 0.3 is 0 Å². The summed E-state index contributed by atoms with van der Waals surface area (Å²) in [5, 5.41) is 13.6. The topological polar surface area (TPSA) is 75.5 Å². The molecule has 0 aliphatic heterocycles. The Labute approximate surface area is 106 Å². The lowest BCUT2D eigenvalue weighted by atomic mass is 10.2. The highest BCUT2D eigenvalue weighted by Crippen LogP contribution is 2.26. The molecule has 0 atom stereocenters. The second kappa shape index (κ2) is 6.58. The van der Waals surface area contributed by atoms with Crippen molar-refractivity contribution in [2.75, 3.05) is 25.0 Å². The van der Waals surface area contributed by atoms with Gasteiger partial charge in [-0.05, 0) is 12.5 Å². The number of para-hydroxylation sites is 2. The van der Waals surface area contributed by atoms with E-state index in [1.807, 2.05) is 4.90 Å². The monoisotopic (exact) mass is 251 g/mol. The third-order valence-electron chi connectivity index (χ3n) is 2.53. The molecule has 1 aromatic rings. The van der Waals surface area contributed by atoms with Crippen LogP contribution in [-0.2, 0) is 4.79 Å². The Hall–Kier alpha value is -2.11. The van der Waals surface area contributed by atoms with Crippen LogP contribution in [0.2, 0.25) is 0 Å². The van der Waals surface area contributed by atoms with Crippen molar-refractivity contribution in [3.63, 3.8) is 0 Å². The van der Waals surface area contributed by atoms with Crippen LogP contribution in [0.3, 0.4) is 0 Å². The summed E-state index contributed by atoms with van der Waals surface area (Å²) in [5.41, 5.74) is 0.685. The van der Waals surface area contributed by atoms with E-state index in [2.05, 4.69) is 5.32 Å². The molecule has 0 heterocycles. The largest absolute Gasteiger partial charge is 0.369 e. The number of rotatable bonds is 6. The average Bonchev–Trinajstić information content (AvgIpc) is 2.34. The van der Waals surface area contributed by atoms with E-state index in [1.165, 1.54) is 13.0 Å². The number of carbonyl (C=O) groups excluding carboxylic acids is 1. The standard InChI is InChI=1S/C12H17N3O3/c1-10(16)13-8-5-9-14(2)11-6-3-4-7-12(11)15(17)18/h3-4,6-7H,5,8-9H2,1-2H3,(H,13,16). The van der Waals surface area contributed by atoms with Crippen LogP contribution in [0.25, 0.3) is 0 Å². The van der Waals surface area contributed by atoms with Gasteiger partial charge in [-0.25, -0.2) is 0 Å². The van der Waals surface area contributed by atoms with E-state index in [-0.39, 0.29) is 16.5 Å². The van der Waals surface area contributed by atoms with Crippen LogP contribution >= 0.6 is 0 Å². The van der Waals surface area contributed by atoms with E-state index in [9.17, 15) is 14.9 Å². The molecule has 98 valence electrons. The molecule has 0 bridgehead atoms. The van der Waals surface area contributed by atoms with Gasteiger partial charge in [-0.15, -0.1) is 0 Å². The van der Waals surface area contributed by atoms with Crippen molar-refractivity contribution in [1.82, 2.24) is 5.32 Å². The zero-order valence-electron chi connectivity index (χ0n) is 10.5. The van der Waals surface area contributed by atoms with Gasteiger partial charge in [0.15, 0.2) is 0 Å². The van der Waals surface area contributed by atoms with Gasteiger partial charge in [0.2, 0.25) is 5.91 Å².